The molecular formula is C16H40N4Si. The highest BCUT2D eigenvalue weighted by Gasteiger charge is 2.42. The van der Waals surface area contributed by atoms with Gasteiger partial charge >= 0.3 is 0 Å². The maximum atomic E-state index is 3.80. The first-order valence-corrected chi connectivity index (χ1v) is 9.19. The molecule has 1 unspecified atom stereocenters. The van der Waals surface area contributed by atoms with Crippen LogP contribution in [0.4, 0.5) is 0 Å². The Balaban J connectivity index is 5.61. The molecule has 0 spiro atoms. The van der Waals surface area contributed by atoms with Gasteiger partial charge in [0.15, 0.2) is 0 Å². The maximum absolute atomic E-state index is 3.80. The van der Waals surface area contributed by atoms with Gasteiger partial charge in [0.2, 0.25) is 0 Å². The van der Waals surface area contributed by atoms with Crippen LogP contribution in [0.5, 0.6) is 0 Å². The zero-order valence-electron chi connectivity index (χ0n) is 16.3. The highest BCUT2D eigenvalue weighted by molar-refractivity contribution is 6.04. The largest absolute Gasteiger partial charge is 0.315 e. The zero-order valence-corrected chi connectivity index (χ0v) is 18.3. The molecule has 0 saturated heterocycles. The van der Waals surface area contributed by atoms with E-state index in [4.69, 9.17) is 0 Å². The van der Waals surface area contributed by atoms with Crippen molar-refractivity contribution in [1.82, 2.24) is 20.9 Å². The molecule has 5 heteroatoms. The molecule has 0 bridgehead atoms. The molecule has 0 saturated carbocycles. The van der Waals surface area contributed by atoms with Crippen molar-refractivity contribution in [3.8, 4) is 0 Å². The summed E-state index contributed by atoms with van der Waals surface area (Å²) in [5.74, 6) is -0.315. The Bertz CT molecular complexity index is 294. The van der Waals surface area contributed by atoms with Gasteiger partial charge < -0.3 is 10.3 Å². The Hall–Kier alpha value is 0.0569. The summed E-state index contributed by atoms with van der Waals surface area (Å²) in [7, 11) is 0.912. The Morgan fingerprint density at radius 2 is 1.14 bits per heavy atom. The highest BCUT2D eigenvalue weighted by atomic mass is 28.2. The van der Waals surface area contributed by atoms with E-state index in [1.165, 1.54) is 0 Å². The average molecular weight is 317 g/mol. The predicted molar refractivity (Wildman–Crippen MR) is 98.6 cm³/mol. The Morgan fingerprint density at radius 1 is 0.762 bits per heavy atom. The highest BCUT2D eigenvalue weighted by Crippen LogP contribution is 2.19. The second-order valence-electron chi connectivity index (χ2n) is 9.16. The van der Waals surface area contributed by atoms with Crippen molar-refractivity contribution in [3.05, 3.63) is 0 Å². The molecule has 0 aromatic heterocycles. The van der Waals surface area contributed by atoms with Crippen molar-refractivity contribution in [3.63, 3.8) is 0 Å². The van der Waals surface area contributed by atoms with Crippen molar-refractivity contribution in [1.29, 1.82) is 0 Å². The summed E-state index contributed by atoms with van der Waals surface area (Å²) in [6, 6.07) is 0.286. The zero-order chi connectivity index (χ0) is 17.1. The molecular weight excluding hydrogens is 276 g/mol. The minimum absolute atomic E-state index is 0.0165. The molecule has 0 fully saturated rings. The first-order valence-electron chi connectivity index (χ1n) is 8.19. The van der Waals surface area contributed by atoms with Crippen LogP contribution < -0.4 is 20.9 Å². The molecule has 128 valence electrons. The van der Waals surface area contributed by atoms with Crippen molar-refractivity contribution in [2.75, 3.05) is 0 Å². The van der Waals surface area contributed by atoms with Crippen molar-refractivity contribution in [2.24, 2.45) is 0 Å². The third kappa shape index (κ3) is 8.31. The molecule has 0 aliphatic heterocycles. The van der Waals surface area contributed by atoms with Crippen LogP contribution in [0.3, 0.4) is 0 Å². The van der Waals surface area contributed by atoms with E-state index in [9.17, 15) is 0 Å². The molecule has 0 rings (SSSR count). The smallest absolute Gasteiger partial charge is 0.133 e. The van der Waals surface area contributed by atoms with E-state index in [-0.39, 0.29) is 28.4 Å². The van der Waals surface area contributed by atoms with Crippen LogP contribution in [0.25, 0.3) is 0 Å². The molecule has 0 aliphatic rings. The van der Waals surface area contributed by atoms with Crippen LogP contribution in [0.15, 0.2) is 0 Å². The summed E-state index contributed by atoms with van der Waals surface area (Å²) in [6.45, 7) is 22.2. The van der Waals surface area contributed by atoms with Crippen LogP contribution in [-0.2, 0) is 0 Å². The minimum Gasteiger partial charge on any atom is -0.315 e. The van der Waals surface area contributed by atoms with Crippen molar-refractivity contribution in [2.45, 2.75) is 104 Å². The van der Waals surface area contributed by atoms with E-state index in [1.807, 2.05) is 0 Å². The Labute approximate surface area is 136 Å². The lowest BCUT2D eigenvalue weighted by atomic mass is 9.95. The standard InChI is InChI=1S/C16H40N4Si/c1-11-12(17-13(2,3)4)16(20-21,18-14(5,6)7)19-15(8,9)10/h12,17-20H,11H2,1-10,21H3. The van der Waals surface area contributed by atoms with Crippen molar-refractivity contribution < 1.29 is 0 Å². The minimum atomic E-state index is -0.315. The summed E-state index contributed by atoms with van der Waals surface area (Å²) >= 11 is 0. The van der Waals surface area contributed by atoms with Crippen LogP contribution in [0.1, 0.15) is 75.7 Å². The van der Waals surface area contributed by atoms with Gasteiger partial charge in [0.1, 0.15) is 5.79 Å². The molecule has 1 atom stereocenters. The van der Waals surface area contributed by atoms with E-state index in [0.717, 1.165) is 16.8 Å². The van der Waals surface area contributed by atoms with Gasteiger partial charge in [0.25, 0.3) is 0 Å². The van der Waals surface area contributed by atoms with E-state index in [2.05, 4.69) is 90.2 Å². The normalized spacial score (nSPS) is 16.3. The van der Waals surface area contributed by atoms with Crippen molar-refractivity contribution >= 4 is 10.4 Å². The quantitative estimate of drug-likeness (QED) is 0.443. The van der Waals surface area contributed by atoms with Gasteiger partial charge in [-0.2, -0.15) is 0 Å². The van der Waals surface area contributed by atoms with Gasteiger partial charge in [0.05, 0.1) is 16.4 Å². The molecule has 0 aromatic carbocycles. The van der Waals surface area contributed by atoms with Crippen LogP contribution in [0, 0.1) is 0 Å². The van der Waals surface area contributed by atoms with E-state index in [0.29, 0.717) is 0 Å². The lowest BCUT2D eigenvalue weighted by Crippen LogP contribution is -2.81. The van der Waals surface area contributed by atoms with E-state index in [1.54, 1.807) is 0 Å². The molecule has 0 radical (unpaired) electrons. The van der Waals surface area contributed by atoms with E-state index < -0.39 is 0 Å². The monoisotopic (exact) mass is 316 g/mol. The number of rotatable bonds is 6. The summed E-state index contributed by atoms with van der Waals surface area (Å²) in [6.07, 6.45) is 1.04. The second kappa shape index (κ2) is 7.09. The lowest BCUT2D eigenvalue weighted by molar-refractivity contribution is 0.0785. The fourth-order valence-corrected chi connectivity index (χ4v) is 3.33. The fraction of sp³-hybridized carbons (Fsp3) is 1.00. The average Bonchev–Trinajstić information content (AvgIpc) is 2.19. The van der Waals surface area contributed by atoms with E-state index >= 15 is 0 Å². The first-order chi connectivity index (χ1) is 9.14. The molecule has 0 heterocycles. The number of hydrogen-bond donors (Lipinski definition) is 4. The molecule has 4 nitrogen and oxygen atoms in total. The predicted octanol–water partition coefficient (Wildman–Crippen LogP) is 1.45. The SMILES string of the molecule is CCC(NC(C)(C)C)C(N[SiH3])(NC(C)(C)C)NC(C)(C)C. The molecule has 21 heavy (non-hydrogen) atoms. The van der Waals surface area contributed by atoms with Gasteiger partial charge in [-0.15, -0.1) is 0 Å². The topological polar surface area (TPSA) is 48.1 Å². The summed E-state index contributed by atoms with van der Waals surface area (Å²) in [4.78, 5) is 3.66. The van der Waals surface area contributed by atoms with Crippen LogP contribution in [0.2, 0.25) is 0 Å². The summed E-state index contributed by atoms with van der Waals surface area (Å²) in [5, 5.41) is 11.4. The molecule has 0 amide bonds. The first kappa shape index (κ1) is 21.1. The Morgan fingerprint density at radius 3 is 1.33 bits per heavy atom. The van der Waals surface area contributed by atoms with Gasteiger partial charge in [-0.25, -0.2) is 0 Å². The molecule has 4 N–H and O–H groups in total. The number of nitrogens with one attached hydrogen (secondary N) is 4. The maximum Gasteiger partial charge on any atom is 0.133 e. The summed E-state index contributed by atoms with van der Waals surface area (Å²) < 4.78 is 0. The van der Waals surface area contributed by atoms with Gasteiger partial charge in [0, 0.05) is 16.6 Å². The van der Waals surface area contributed by atoms with Gasteiger partial charge in [-0.3, -0.25) is 10.6 Å². The lowest BCUT2D eigenvalue weighted by Gasteiger charge is -2.51. The third-order valence-corrected chi connectivity index (χ3v) is 3.87. The molecule has 0 aliphatic carbocycles. The Kier molecular flexibility index (Phi) is 7.11. The van der Waals surface area contributed by atoms with Crippen LogP contribution >= 0.6 is 0 Å². The molecule has 0 aromatic rings. The second-order valence-corrected chi connectivity index (χ2v) is 9.66. The number of hydrogen-bond acceptors (Lipinski definition) is 4. The van der Waals surface area contributed by atoms with Gasteiger partial charge in [-0.05, 0) is 68.7 Å². The van der Waals surface area contributed by atoms with Crippen LogP contribution in [-0.4, -0.2) is 38.8 Å². The fourth-order valence-electron chi connectivity index (χ4n) is 2.73. The van der Waals surface area contributed by atoms with Gasteiger partial charge in [-0.1, -0.05) is 6.92 Å². The third-order valence-electron chi connectivity index (χ3n) is 3.08. The summed E-state index contributed by atoms with van der Waals surface area (Å²) in [5.41, 5.74) is 0.106.